The molecule has 1 aromatic heterocycles. The van der Waals surface area contributed by atoms with Gasteiger partial charge in [-0.05, 0) is 56.1 Å². The van der Waals surface area contributed by atoms with Crippen LogP contribution in [0.15, 0.2) is 24.5 Å². The number of morpholine rings is 1. The van der Waals surface area contributed by atoms with Crippen molar-refractivity contribution < 1.29 is 9.53 Å². The summed E-state index contributed by atoms with van der Waals surface area (Å²) in [5.41, 5.74) is 1.26. The minimum absolute atomic E-state index is 0.249. The molecule has 0 spiro atoms. The maximum atomic E-state index is 12.7. The Balaban J connectivity index is 1.42. The summed E-state index contributed by atoms with van der Waals surface area (Å²) in [7, 11) is 0. The monoisotopic (exact) mass is 344 g/mol. The van der Waals surface area contributed by atoms with Crippen LogP contribution in [0, 0.1) is 5.92 Å². The molecule has 25 heavy (non-hydrogen) atoms. The molecule has 1 aliphatic heterocycles. The lowest BCUT2D eigenvalue weighted by Gasteiger charge is -2.38. The third-order valence-electron chi connectivity index (χ3n) is 5.40. The van der Waals surface area contributed by atoms with Crippen molar-refractivity contribution in [3.05, 3.63) is 30.1 Å². The van der Waals surface area contributed by atoms with Crippen LogP contribution >= 0.6 is 0 Å². The molecule has 1 saturated heterocycles. The van der Waals surface area contributed by atoms with Gasteiger partial charge in [0, 0.05) is 31.9 Å². The van der Waals surface area contributed by atoms with Crippen molar-refractivity contribution in [2.75, 3.05) is 13.1 Å². The van der Waals surface area contributed by atoms with Gasteiger partial charge in [-0.3, -0.25) is 9.78 Å². The number of unbranched alkanes of at least 4 members (excludes halogenated alkanes) is 2. The van der Waals surface area contributed by atoms with Crippen LogP contribution in [0.1, 0.15) is 63.9 Å². The number of aryl methyl sites for hydroxylation is 1. The molecule has 2 aliphatic rings. The predicted octanol–water partition coefficient (Wildman–Crippen LogP) is 3.99. The first-order valence-corrected chi connectivity index (χ1v) is 10.1. The van der Waals surface area contributed by atoms with Crippen molar-refractivity contribution in [3.8, 4) is 0 Å². The van der Waals surface area contributed by atoms with Gasteiger partial charge in [-0.15, -0.1) is 0 Å². The molecule has 0 aromatic carbocycles. The van der Waals surface area contributed by atoms with E-state index in [0.29, 0.717) is 18.2 Å². The lowest BCUT2D eigenvalue weighted by Crippen LogP contribution is -2.50. The molecule has 4 heteroatoms. The molecule has 0 radical (unpaired) electrons. The number of pyridine rings is 1. The lowest BCUT2D eigenvalue weighted by molar-refractivity contribution is -0.148. The van der Waals surface area contributed by atoms with Crippen molar-refractivity contribution >= 4 is 5.91 Å². The SMILES string of the molecule is CCCC[C@@H]1CN(C(=O)CCCCc2cccnc2)C[C@H](C2CC2)O1. The Morgan fingerprint density at radius 3 is 2.88 bits per heavy atom. The molecular formula is C21H32N2O2. The Morgan fingerprint density at radius 1 is 1.28 bits per heavy atom. The van der Waals surface area contributed by atoms with Gasteiger partial charge in [0.25, 0.3) is 0 Å². The van der Waals surface area contributed by atoms with Crippen LogP contribution in [-0.4, -0.2) is 41.1 Å². The number of rotatable bonds is 9. The largest absolute Gasteiger partial charge is 0.371 e. The third kappa shape index (κ3) is 5.81. The van der Waals surface area contributed by atoms with Crippen molar-refractivity contribution in [2.24, 2.45) is 5.92 Å². The Hall–Kier alpha value is -1.42. The smallest absolute Gasteiger partial charge is 0.222 e. The molecule has 138 valence electrons. The Bertz CT molecular complexity index is 530. The molecule has 2 fully saturated rings. The number of carbonyl (C=O) groups is 1. The Kier molecular flexibility index (Phi) is 6.85. The normalized spacial score (nSPS) is 23.6. The van der Waals surface area contributed by atoms with E-state index in [9.17, 15) is 4.79 Å². The molecule has 3 rings (SSSR count). The van der Waals surface area contributed by atoms with Crippen molar-refractivity contribution in [3.63, 3.8) is 0 Å². The van der Waals surface area contributed by atoms with Crippen LogP contribution < -0.4 is 0 Å². The minimum Gasteiger partial charge on any atom is -0.371 e. The summed E-state index contributed by atoms with van der Waals surface area (Å²) in [6.07, 6.45) is 14.0. The molecule has 2 heterocycles. The van der Waals surface area contributed by atoms with E-state index in [1.54, 1.807) is 6.20 Å². The summed E-state index contributed by atoms with van der Waals surface area (Å²) in [4.78, 5) is 18.9. The van der Waals surface area contributed by atoms with E-state index >= 15 is 0 Å². The number of hydrogen-bond acceptors (Lipinski definition) is 3. The van der Waals surface area contributed by atoms with Gasteiger partial charge in [0.15, 0.2) is 0 Å². The summed E-state index contributed by atoms with van der Waals surface area (Å²) >= 11 is 0. The molecule has 2 atom stereocenters. The fourth-order valence-electron chi connectivity index (χ4n) is 3.70. The first-order valence-electron chi connectivity index (χ1n) is 10.1. The zero-order valence-corrected chi connectivity index (χ0v) is 15.5. The highest BCUT2D eigenvalue weighted by molar-refractivity contribution is 5.76. The highest BCUT2D eigenvalue weighted by Crippen LogP contribution is 2.37. The van der Waals surface area contributed by atoms with E-state index in [1.807, 2.05) is 12.3 Å². The van der Waals surface area contributed by atoms with E-state index < -0.39 is 0 Å². The number of hydrogen-bond donors (Lipinski definition) is 0. The van der Waals surface area contributed by atoms with Gasteiger partial charge in [-0.25, -0.2) is 0 Å². The van der Waals surface area contributed by atoms with Gasteiger partial charge in [0.2, 0.25) is 5.91 Å². The predicted molar refractivity (Wildman–Crippen MR) is 99.3 cm³/mol. The average Bonchev–Trinajstić information content (AvgIpc) is 3.49. The van der Waals surface area contributed by atoms with E-state index in [2.05, 4.69) is 22.9 Å². The van der Waals surface area contributed by atoms with Crippen LogP contribution in [0.5, 0.6) is 0 Å². The first-order chi connectivity index (χ1) is 12.3. The molecule has 1 saturated carbocycles. The van der Waals surface area contributed by atoms with Crippen molar-refractivity contribution in [2.45, 2.75) is 76.9 Å². The maximum absolute atomic E-state index is 12.7. The fraction of sp³-hybridized carbons (Fsp3) is 0.714. The van der Waals surface area contributed by atoms with Gasteiger partial charge in [-0.1, -0.05) is 25.8 Å². The second-order valence-electron chi connectivity index (χ2n) is 7.64. The van der Waals surface area contributed by atoms with Gasteiger partial charge < -0.3 is 9.64 Å². The summed E-state index contributed by atoms with van der Waals surface area (Å²) < 4.78 is 6.28. The minimum atomic E-state index is 0.249. The van der Waals surface area contributed by atoms with Crippen LogP contribution in [0.3, 0.4) is 0 Å². The number of amides is 1. The van der Waals surface area contributed by atoms with Gasteiger partial charge in [-0.2, -0.15) is 0 Å². The standard InChI is InChI=1S/C21H32N2O2/c1-2-3-9-19-15-23(16-20(25-19)18-11-12-18)21(24)10-5-4-7-17-8-6-13-22-14-17/h6,8,13-14,18-20H,2-5,7,9-12,15-16H2,1H3/t19-,20-/m1/s1. The highest BCUT2D eigenvalue weighted by Gasteiger charge is 2.39. The zero-order chi connectivity index (χ0) is 17.5. The molecule has 0 N–H and O–H groups in total. The van der Waals surface area contributed by atoms with Crippen LogP contribution in [0.4, 0.5) is 0 Å². The van der Waals surface area contributed by atoms with Crippen molar-refractivity contribution in [1.82, 2.24) is 9.88 Å². The van der Waals surface area contributed by atoms with Crippen LogP contribution in [-0.2, 0) is 16.0 Å². The topological polar surface area (TPSA) is 42.4 Å². The van der Waals surface area contributed by atoms with E-state index in [0.717, 1.165) is 38.8 Å². The van der Waals surface area contributed by atoms with Gasteiger partial charge in [0.1, 0.15) is 0 Å². The molecule has 1 amide bonds. The third-order valence-corrected chi connectivity index (χ3v) is 5.40. The molecule has 1 aliphatic carbocycles. The van der Waals surface area contributed by atoms with Crippen molar-refractivity contribution in [1.29, 1.82) is 0 Å². The second-order valence-corrected chi connectivity index (χ2v) is 7.64. The quantitative estimate of drug-likeness (QED) is 0.636. The summed E-state index contributed by atoms with van der Waals surface area (Å²) in [6, 6.07) is 4.08. The fourth-order valence-corrected chi connectivity index (χ4v) is 3.70. The molecule has 0 unspecified atom stereocenters. The zero-order valence-electron chi connectivity index (χ0n) is 15.5. The summed E-state index contributed by atoms with van der Waals surface area (Å²) in [5, 5.41) is 0. The highest BCUT2D eigenvalue weighted by atomic mass is 16.5. The van der Waals surface area contributed by atoms with Crippen LogP contribution in [0.2, 0.25) is 0 Å². The maximum Gasteiger partial charge on any atom is 0.222 e. The lowest BCUT2D eigenvalue weighted by atomic mass is 10.1. The summed E-state index contributed by atoms with van der Waals surface area (Å²) in [5.74, 6) is 1.02. The number of ether oxygens (including phenoxy) is 1. The van der Waals surface area contributed by atoms with E-state index in [1.165, 1.54) is 31.2 Å². The van der Waals surface area contributed by atoms with Gasteiger partial charge >= 0.3 is 0 Å². The van der Waals surface area contributed by atoms with Gasteiger partial charge in [0.05, 0.1) is 12.2 Å². The number of carbonyl (C=O) groups excluding carboxylic acids is 1. The first kappa shape index (κ1) is 18.4. The Labute approximate surface area is 152 Å². The average molecular weight is 344 g/mol. The molecule has 4 nitrogen and oxygen atoms in total. The molecule has 0 bridgehead atoms. The number of aromatic nitrogens is 1. The Morgan fingerprint density at radius 2 is 2.16 bits per heavy atom. The van der Waals surface area contributed by atoms with E-state index in [-0.39, 0.29) is 12.2 Å². The molecular weight excluding hydrogens is 312 g/mol. The van der Waals surface area contributed by atoms with Crippen LogP contribution in [0.25, 0.3) is 0 Å². The number of nitrogens with zero attached hydrogens (tertiary/aromatic N) is 2. The van der Waals surface area contributed by atoms with E-state index in [4.69, 9.17) is 4.74 Å². The molecule has 1 aromatic rings. The summed E-state index contributed by atoms with van der Waals surface area (Å²) in [6.45, 7) is 3.83. The second kappa shape index (κ2) is 9.33.